The molecular formula is C10H10BrNO2. The number of fused-ring (bicyclic) bond motifs is 1. The van der Waals surface area contributed by atoms with Crippen molar-refractivity contribution < 1.29 is 9.84 Å². The van der Waals surface area contributed by atoms with Crippen LogP contribution in [-0.2, 0) is 7.05 Å². The minimum Gasteiger partial charge on any atom is -0.503 e. The van der Waals surface area contributed by atoms with E-state index < -0.39 is 0 Å². The number of hydrogen-bond acceptors (Lipinski definition) is 2. The van der Waals surface area contributed by atoms with Gasteiger partial charge in [-0.2, -0.15) is 0 Å². The molecule has 0 aliphatic rings. The molecule has 4 heteroatoms. The van der Waals surface area contributed by atoms with Gasteiger partial charge in [0.25, 0.3) is 0 Å². The van der Waals surface area contributed by atoms with Crippen molar-refractivity contribution in [2.24, 2.45) is 7.05 Å². The van der Waals surface area contributed by atoms with Crippen LogP contribution < -0.4 is 4.74 Å². The Morgan fingerprint density at radius 2 is 2.21 bits per heavy atom. The van der Waals surface area contributed by atoms with E-state index in [1.54, 1.807) is 0 Å². The minimum atomic E-state index is 0.141. The van der Waals surface area contributed by atoms with Gasteiger partial charge in [-0.3, -0.25) is 0 Å². The van der Waals surface area contributed by atoms with Crippen LogP contribution in [0.25, 0.3) is 10.9 Å². The molecule has 1 N–H and O–H groups in total. The van der Waals surface area contributed by atoms with E-state index in [-0.39, 0.29) is 5.75 Å². The third kappa shape index (κ3) is 1.18. The maximum atomic E-state index is 9.75. The number of phenolic OH excluding ortho intramolecular Hbond substituents is 1. The molecule has 0 atom stereocenters. The number of nitrogens with zero attached hydrogens (tertiary/aromatic N) is 1. The van der Waals surface area contributed by atoms with Crippen LogP contribution in [0.5, 0.6) is 11.5 Å². The molecule has 0 aliphatic heterocycles. The van der Waals surface area contributed by atoms with Gasteiger partial charge in [0.05, 0.1) is 17.1 Å². The molecule has 0 fully saturated rings. The van der Waals surface area contributed by atoms with Gasteiger partial charge in [0, 0.05) is 18.6 Å². The molecule has 3 nitrogen and oxygen atoms in total. The third-order valence-corrected chi connectivity index (χ3v) is 3.01. The van der Waals surface area contributed by atoms with E-state index in [4.69, 9.17) is 4.74 Å². The molecule has 0 aliphatic carbocycles. The van der Waals surface area contributed by atoms with E-state index >= 15 is 0 Å². The van der Waals surface area contributed by atoms with Gasteiger partial charge in [-0.15, -0.1) is 0 Å². The van der Waals surface area contributed by atoms with Gasteiger partial charge in [-0.1, -0.05) is 0 Å². The number of benzene rings is 1. The number of rotatable bonds is 1. The average Bonchev–Trinajstić information content (AvgIpc) is 2.54. The normalized spacial score (nSPS) is 10.8. The molecular weight excluding hydrogens is 246 g/mol. The smallest absolute Gasteiger partial charge is 0.174 e. The SMILES string of the molecule is COc1cc2ccn(C)c2c(Br)c1O. The Balaban J connectivity index is 2.87. The van der Waals surface area contributed by atoms with Crippen molar-refractivity contribution in [1.82, 2.24) is 4.57 Å². The van der Waals surface area contributed by atoms with Crippen molar-refractivity contribution in [3.63, 3.8) is 0 Å². The Bertz CT molecular complexity index is 490. The Hall–Kier alpha value is -1.16. The van der Waals surface area contributed by atoms with Gasteiger partial charge >= 0.3 is 0 Å². The third-order valence-electron chi connectivity index (χ3n) is 2.26. The molecule has 1 heterocycles. The minimum absolute atomic E-state index is 0.141. The van der Waals surface area contributed by atoms with Gasteiger partial charge in [-0.25, -0.2) is 0 Å². The van der Waals surface area contributed by atoms with Crippen LogP contribution >= 0.6 is 15.9 Å². The molecule has 0 saturated carbocycles. The first kappa shape index (κ1) is 9.40. The van der Waals surface area contributed by atoms with Crippen LogP contribution in [0.1, 0.15) is 0 Å². The number of methoxy groups -OCH3 is 1. The molecule has 0 radical (unpaired) electrons. The van der Waals surface area contributed by atoms with Crippen molar-refractivity contribution in [2.45, 2.75) is 0 Å². The molecule has 0 bridgehead atoms. The molecule has 0 saturated heterocycles. The van der Waals surface area contributed by atoms with Crippen LogP contribution in [-0.4, -0.2) is 16.8 Å². The maximum Gasteiger partial charge on any atom is 0.174 e. The zero-order valence-electron chi connectivity index (χ0n) is 7.91. The molecule has 74 valence electrons. The number of hydrogen-bond donors (Lipinski definition) is 1. The summed E-state index contributed by atoms with van der Waals surface area (Å²) in [6, 6.07) is 3.79. The van der Waals surface area contributed by atoms with Crippen LogP contribution in [0.2, 0.25) is 0 Å². The highest BCUT2D eigenvalue weighted by atomic mass is 79.9. The summed E-state index contributed by atoms with van der Waals surface area (Å²) in [5.74, 6) is 0.623. The molecule has 0 amide bonds. The zero-order valence-corrected chi connectivity index (χ0v) is 9.50. The highest BCUT2D eigenvalue weighted by Gasteiger charge is 2.12. The molecule has 14 heavy (non-hydrogen) atoms. The van der Waals surface area contributed by atoms with Gasteiger partial charge in [0.15, 0.2) is 11.5 Å². The Kier molecular flexibility index (Phi) is 2.15. The molecule has 2 rings (SSSR count). The Morgan fingerprint density at radius 1 is 1.50 bits per heavy atom. The fourth-order valence-electron chi connectivity index (χ4n) is 1.53. The number of aromatic hydroxyl groups is 1. The molecule has 2 aromatic rings. The largest absolute Gasteiger partial charge is 0.503 e. The summed E-state index contributed by atoms with van der Waals surface area (Å²) in [7, 11) is 3.47. The number of phenols is 1. The van der Waals surface area contributed by atoms with Crippen LogP contribution in [0.4, 0.5) is 0 Å². The summed E-state index contributed by atoms with van der Waals surface area (Å²) in [6.45, 7) is 0. The summed E-state index contributed by atoms with van der Waals surface area (Å²) < 4.78 is 7.66. The van der Waals surface area contributed by atoms with Gasteiger partial charge in [0.1, 0.15) is 0 Å². The predicted molar refractivity (Wildman–Crippen MR) is 58.8 cm³/mol. The zero-order chi connectivity index (χ0) is 10.3. The average molecular weight is 256 g/mol. The van der Waals surface area contributed by atoms with E-state index in [2.05, 4.69) is 15.9 Å². The highest BCUT2D eigenvalue weighted by Crippen LogP contribution is 2.40. The van der Waals surface area contributed by atoms with Gasteiger partial charge in [-0.05, 0) is 28.1 Å². The van der Waals surface area contributed by atoms with E-state index in [9.17, 15) is 5.11 Å². The van der Waals surface area contributed by atoms with Crippen molar-refractivity contribution >= 4 is 26.8 Å². The van der Waals surface area contributed by atoms with Crippen LogP contribution in [0.3, 0.4) is 0 Å². The number of aryl methyl sites for hydroxylation is 1. The lowest BCUT2D eigenvalue weighted by Crippen LogP contribution is -1.88. The van der Waals surface area contributed by atoms with E-state index in [0.717, 1.165) is 10.9 Å². The van der Waals surface area contributed by atoms with Crippen molar-refractivity contribution in [3.8, 4) is 11.5 Å². The standard InChI is InChI=1S/C10H10BrNO2/c1-12-4-3-6-5-7(14-2)10(13)8(11)9(6)12/h3-5,13H,1-2H3. The van der Waals surface area contributed by atoms with Crippen LogP contribution in [0.15, 0.2) is 22.8 Å². The van der Waals surface area contributed by atoms with Crippen molar-refractivity contribution in [1.29, 1.82) is 0 Å². The number of aromatic nitrogens is 1. The predicted octanol–water partition coefficient (Wildman–Crippen LogP) is 2.66. The first-order chi connectivity index (χ1) is 6.65. The van der Waals surface area contributed by atoms with E-state index in [1.807, 2.05) is 29.9 Å². The molecule has 0 spiro atoms. The topological polar surface area (TPSA) is 34.4 Å². The lowest BCUT2D eigenvalue weighted by molar-refractivity contribution is 0.373. The lowest BCUT2D eigenvalue weighted by Gasteiger charge is -2.07. The maximum absolute atomic E-state index is 9.75. The summed E-state index contributed by atoms with van der Waals surface area (Å²) >= 11 is 3.35. The van der Waals surface area contributed by atoms with E-state index in [1.165, 1.54) is 7.11 Å². The summed E-state index contributed by atoms with van der Waals surface area (Å²) in [6.07, 6.45) is 1.94. The quantitative estimate of drug-likeness (QED) is 0.851. The fourth-order valence-corrected chi connectivity index (χ4v) is 2.24. The lowest BCUT2D eigenvalue weighted by atomic mass is 10.2. The van der Waals surface area contributed by atoms with Crippen molar-refractivity contribution in [3.05, 3.63) is 22.8 Å². The molecule has 1 aromatic carbocycles. The van der Waals surface area contributed by atoms with Crippen molar-refractivity contribution in [2.75, 3.05) is 7.11 Å². The van der Waals surface area contributed by atoms with Crippen LogP contribution in [0, 0.1) is 0 Å². The monoisotopic (exact) mass is 255 g/mol. The van der Waals surface area contributed by atoms with Gasteiger partial charge < -0.3 is 14.4 Å². The molecule has 0 unspecified atom stereocenters. The summed E-state index contributed by atoms with van der Waals surface area (Å²) in [4.78, 5) is 0. The second kappa shape index (κ2) is 3.20. The Labute approximate surface area is 90.0 Å². The first-order valence-corrected chi connectivity index (χ1v) is 4.95. The summed E-state index contributed by atoms with van der Waals surface area (Å²) in [5, 5.41) is 10.8. The highest BCUT2D eigenvalue weighted by molar-refractivity contribution is 9.10. The summed E-state index contributed by atoms with van der Waals surface area (Å²) in [5.41, 5.74) is 0.961. The Morgan fingerprint density at radius 3 is 2.86 bits per heavy atom. The second-order valence-electron chi connectivity index (χ2n) is 3.11. The number of ether oxygens (including phenoxy) is 1. The molecule has 1 aromatic heterocycles. The first-order valence-electron chi connectivity index (χ1n) is 4.15. The fraction of sp³-hybridized carbons (Fsp3) is 0.200. The number of halogens is 1. The second-order valence-corrected chi connectivity index (χ2v) is 3.90. The van der Waals surface area contributed by atoms with E-state index in [0.29, 0.717) is 10.2 Å². The van der Waals surface area contributed by atoms with Gasteiger partial charge in [0.2, 0.25) is 0 Å².